The number of hydrogen-bond acceptors (Lipinski definition) is 4. The average molecular weight is 410 g/mol. The van der Waals surface area contributed by atoms with Crippen LogP contribution in [0.5, 0.6) is 0 Å². The van der Waals surface area contributed by atoms with E-state index < -0.39 is 0 Å². The lowest BCUT2D eigenvalue weighted by molar-refractivity contribution is 0.0723. The van der Waals surface area contributed by atoms with Crippen molar-refractivity contribution in [2.45, 2.75) is 19.9 Å². The zero-order chi connectivity index (χ0) is 14.0. The van der Waals surface area contributed by atoms with Crippen LogP contribution < -0.4 is 0 Å². The van der Waals surface area contributed by atoms with Crippen LogP contribution in [0.15, 0.2) is 13.6 Å². The number of rotatable bonds is 4. The number of carbonyl (C=O) groups is 1. The van der Waals surface area contributed by atoms with Crippen molar-refractivity contribution in [3.63, 3.8) is 0 Å². The SMILES string of the molecule is CCN1CCN(CC(=O)c2cc(Br)sc2Br)CC1C. The number of likely N-dealkylation sites (N-methyl/N-ethyl adjacent to an activating group) is 1. The Bertz CT molecular complexity index is 463. The fraction of sp³-hybridized carbons (Fsp3) is 0.615. The van der Waals surface area contributed by atoms with E-state index in [1.54, 1.807) is 11.3 Å². The number of Topliss-reactive ketones (excluding diaryl/α,β-unsaturated/α-hetero) is 1. The van der Waals surface area contributed by atoms with Crippen molar-refractivity contribution in [1.82, 2.24) is 9.80 Å². The molecule has 1 aliphatic rings. The van der Waals surface area contributed by atoms with Crippen LogP contribution in [0.25, 0.3) is 0 Å². The molecule has 2 heterocycles. The van der Waals surface area contributed by atoms with Gasteiger partial charge >= 0.3 is 0 Å². The summed E-state index contributed by atoms with van der Waals surface area (Å²) < 4.78 is 1.91. The molecule has 2 rings (SSSR count). The van der Waals surface area contributed by atoms with Gasteiger partial charge in [0.15, 0.2) is 5.78 Å². The van der Waals surface area contributed by atoms with Gasteiger partial charge in [-0.2, -0.15) is 0 Å². The van der Waals surface area contributed by atoms with E-state index in [4.69, 9.17) is 0 Å². The minimum absolute atomic E-state index is 0.200. The number of piperazine rings is 1. The van der Waals surface area contributed by atoms with Crippen LogP contribution in [0.1, 0.15) is 24.2 Å². The fourth-order valence-corrected chi connectivity index (χ4v) is 5.36. The summed E-state index contributed by atoms with van der Waals surface area (Å²) >= 11 is 8.43. The molecule has 19 heavy (non-hydrogen) atoms. The number of ketones is 1. The molecule has 0 N–H and O–H groups in total. The molecule has 1 saturated heterocycles. The number of halogens is 2. The summed E-state index contributed by atoms with van der Waals surface area (Å²) in [7, 11) is 0. The van der Waals surface area contributed by atoms with Gasteiger partial charge in [0.2, 0.25) is 0 Å². The van der Waals surface area contributed by atoms with Crippen LogP contribution in [-0.4, -0.2) is 54.3 Å². The van der Waals surface area contributed by atoms with E-state index in [1.165, 1.54) is 0 Å². The molecule has 1 aliphatic heterocycles. The maximum atomic E-state index is 12.3. The lowest BCUT2D eigenvalue weighted by Gasteiger charge is -2.39. The minimum atomic E-state index is 0.200. The topological polar surface area (TPSA) is 23.6 Å². The highest BCUT2D eigenvalue weighted by Gasteiger charge is 2.25. The number of nitrogens with zero attached hydrogens (tertiary/aromatic N) is 2. The first-order chi connectivity index (χ1) is 9.01. The van der Waals surface area contributed by atoms with E-state index in [1.807, 2.05) is 6.07 Å². The molecular formula is C13H18Br2N2OS. The lowest BCUT2D eigenvalue weighted by atomic mass is 10.1. The molecule has 1 aromatic rings. The normalized spacial score (nSPS) is 21.8. The van der Waals surface area contributed by atoms with E-state index in [2.05, 4.69) is 55.5 Å². The Balaban J connectivity index is 1.95. The van der Waals surface area contributed by atoms with Crippen LogP contribution >= 0.6 is 43.2 Å². The van der Waals surface area contributed by atoms with Crippen LogP contribution in [-0.2, 0) is 0 Å². The molecule has 0 aromatic carbocycles. The summed E-state index contributed by atoms with van der Waals surface area (Å²) in [4.78, 5) is 17.0. The van der Waals surface area contributed by atoms with Crippen LogP contribution in [0.3, 0.4) is 0 Å². The third-order valence-electron chi connectivity index (χ3n) is 3.58. The van der Waals surface area contributed by atoms with E-state index >= 15 is 0 Å². The highest BCUT2D eigenvalue weighted by Crippen LogP contribution is 2.32. The van der Waals surface area contributed by atoms with Crippen LogP contribution in [0, 0.1) is 0 Å². The second-order valence-electron chi connectivity index (χ2n) is 4.87. The van der Waals surface area contributed by atoms with E-state index in [9.17, 15) is 4.79 Å². The number of hydrogen-bond donors (Lipinski definition) is 0. The predicted octanol–water partition coefficient (Wildman–Crippen LogP) is 3.48. The molecule has 0 aliphatic carbocycles. The second-order valence-corrected chi connectivity index (χ2v) is 8.62. The monoisotopic (exact) mass is 408 g/mol. The molecule has 0 radical (unpaired) electrons. The van der Waals surface area contributed by atoms with Crippen molar-refractivity contribution in [3.05, 3.63) is 19.2 Å². The molecule has 6 heteroatoms. The fourth-order valence-electron chi connectivity index (χ4n) is 2.50. The minimum Gasteiger partial charge on any atom is -0.298 e. The summed E-state index contributed by atoms with van der Waals surface area (Å²) in [5.74, 6) is 0.200. The van der Waals surface area contributed by atoms with Crippen LogP contribution in [0.4, 0.5) is 0 Å². The molecule has 0 spiro atoms. The van der Waals surface area contributed by atoms with Gasteiger partial charge in [0, 0.05) is 31.2 Å². The Morgan fingerprint density at radius 1 is 1.47 bits per heavy atom. The van der Waals surface area contributed by atoms with Gasteiger partial charge in [-0.15, -0.1) is 11.3 Å². The molecule has 1 unspecified atom stereocenters. The molecule has 0 amide bonds. The van der Waals surface area contributed by atoms with Crippen molar-refractivity contribution in [1.29, 1.82) is 0 Å². The molecule has 3 nitrogen and oxygen atoms in total. The first-order valence-electron chi connectivity index (χ1n) is 6.45. The van der Waals surface area contributed by atoms with Crippen molar-refractivity contribution in [2.75, 3.05) is 32.7 Å². The Morgan fingerprint density at radius 2 is 2.21 bits per heavy atom. The van der Waals surface area contributed by atoms with Gasteiger partial charge in [-0.1, -0.05) is 6.92 Å². The molecule has 106 valence electrons. The van der Waals surface area contributed by atoms with Crippen LogP contribution in [0.2, 0.25) is 0 Å². The lowest BCUT2D eigenvalue weighted by Crippen LogP contribution is -2.52. The quantitative estimate of drug-likeness (QED) is 0.711. The van der Waals surface area contributed by atoms with E-state index in [0.717, 1.165) is 39.3 Å². The van der Waals surface area contributed by atoms with Gasteiger partial charge in [-0.05, 0) is 51.4 Å². The first-order valence-corrected chi connectivity index (χ1v) is 8.86. The Hall–Kier alpha value is 0.250. The number of thiophene rings is 1. The second kappa shape index (κ2) is 6.80. The maximum Gasteiger partial charge on any atom is 0.178 e. The highest BCUT2D eigenvalue weighted by atomic mass is 79.9. The van der Waals surface area contributed by atoms with E-state index in [-0.39, 0.29) is 5.78 Å². The van der Waals surface area contributed by atoms with Gasteiger partial charge in [0.25, 0.3) is 0 Å². The molecule has 0 saturated carbocycles. The smallest absolute Gasteiger partial charge is 0.178 e. The summed E-state index contributed by atoms with van der Waals surface area (Å²) in [6.45, 7) is 9.04. The Labute approximate surface area is 135 Å². The largest absolute Gasteiger partial charge is 0.298 e. The highest BCUT2D eigenvalue weighted by molar-refractivity contribution is 9.12. The molecule has 1 atom stereocenters. The predicted molar refractivity (Wildman–Crippen MR) is 87.2 cm³/mol. The summed E-state index contributed by atoms with van der Waals surface area (Å²) in [6.07, 6.45) is 0. The maximum absolute atomic E-state index is 12.3. The molecule has 1 aromatic heterocycles. The zero-order valence-corrected chi connectivity index (χ0v) is 15.1. The van der Waals surface area contributed by atoms with E-state index in [0.29, 0.717) is 12.6 Å². The first kappa shape index (κ1) is 15.6. The molecule has 0 bridgehead atoms. The Kier molecular flexibility index (Phi) is 5.60. The van der Waals surface area contributed by atoms with Gasteiger partial charge in [-0.3, -0.25) is 14.6 Å². The van der Waals surface area contributed by atoms with Gasteiger partial charge in [0.05, 0.1) is 14.1 Å². The van der Waals surface area contributed by atoms with Crippen molar-refractivity contribution >= 4 is 49.0 Å². The van der Waals surface area contributed by atoms with Gasteiger partial charge < -0.3 is 0 Å². The summed E-state index contributed by atoms with van der Waals surface area (Å²) in [5.41, 5.74) is 0.794. The van der Waals surface area contributed by atoms with Crippen molar-refractivity contribution in [3.8, 4) is 0 Å². The standard InChI is InChI=1S/C13H18Br2N2OS/c1-3-17-5-4-16(7-9(17)2)8-11(18)10-6-12(14)19-13(10)15/h6,9H,3-5,7-8H2,1-2H3. The van der Waals surface area contributed by atoms with Crippen molar-refractivity contribution in [2.24, 2.45) is 0 Å². The third-order valence-corrected chi connectivity index (χ3v) is 5.92. The summed E-state index contributed by atoms with van der Waals surface area (Å²) in [5, 5.41) is 0. The van der Waals surface area contributed by atoms with Crippen molar-refractivity contribution < 1.29 is 4.79 Å². The third kappa shape index (κ3) is 3.88. The average Bonchev–Trinajstić information content (AvgIpc) is 2.69. The molecular weight excluding hydrogens is 392 g/mol. The van der Waals surface area contributed by atoms with Gasteiger partial charge in [0.1, 0.15) is 0 Å². The Morgan fingerprint density at radius 3 is 2.74 bits per heavy atom. The molecule has 1 fully saturated rings. The van der Waals surface area contributed by atoms with Gasteiger partial charge in [-0.25, -0.2) is 0 Å². The zero-order valence-electron chi connectivity index (χ0n) is 11.2. The number of carbonyl (C=O) groups excluding carboxylic acids is 1. The summed E-state index contributed by atoms with van der Waals surface area (Å²) in [6, 6.07) is 2.44.